The molecule has 1 aromatic heterocycles. The van der Waals surface area contributed by atoms with Gasteiger partial charge >= 0.3 is 11.7 Å². The molecule has 0 unspecified atom stereocenters. The number of aliphatic hydroxyl groups is 1. The van der Waals surface area contributed by atoms with Crippen LogP contribution in [0.15, 0.2) is 17.1 Å². The standard InChI is InChI=1S/C8H10FN3O3S/c9-8(4-16-6(3-13)15-8)12-2-1-5(10)11-7(12)14/h1-2,6,13H,3-4H2,(H2,10,11,14)/t6-,8-/m0/s1. The third kappa shape index (κ3) is 1.91. The predicted molar refractivity (Wildman–Crippen MR) is 56.4 cm³/mol. The third-order valence-corrected chi connectivity index (χ3v) is 3.23. The molecule has 2 heterocycles. The first-order valence-corrected chi connectivity index (χ1v) is 5.55. The molecule has 88 valence electrons. The van der Waals surface area contributed by atoms with Gasteiger partial charge in [0.1, 0.15) is 11.3 Å². The van der Waals surface area contributed by atoms with Crippen molar-refractivity contribution in [1.82, 2.24) is 9.55 Å². The third-order valence-electron chi connectivity index (χ3n) is 2.09. The summed E-state index contributed by atoms with van der Waals surface area (Å²) < 4.78 is 19.9. The van der Waals surface area contributed by atoms with Crippen molar-refractivity contribution >= 4 is 17.6 Å². The number of ether oxygens (including phenoxy) is 1. The van der Waals surface area contributed by atoms with Crippen LogP contribution in [0.3, 0.4) is 0 Å². The molecular weight excluding hydrogens is 237 g/mol. The van der Waals surface area contributed by atoms with Crippen LogP contribution < -0.4 is 11.4 Å². The summed E-state index contributed by atoms with van der Waals surface area (Å²) in [5.74, 6) is -2.33. The summed E-state index contributed by atoms with van der Waals surface area (Å²) in [6.45, 7) is -0.312. The second-order valence-corrected chi connectivity index (χ2v) is 4.38. The molecule has 1 aliphatic rings. The van der Waals surface area contributed by atoms with Crippen LogP contribution >= 0.6 is 11.8 Å². The van der Waals surface area contributed by atoms with Crippen LogP contribution in [0.2, 0.25) is 0 Å². The molecule has 16 heavy (non-hydrogen) atoms. The van der Waals surface area contributed by atoms with Crippen molar-refractivity contribution in [2.24, 2.45) is 0 Å². The van der Waals surface area contributed by atoms with Gasteiger partial charge < -0.3 is 15.6 Å². The number of aliphatic hydroxyl groups excluding tert-OH is 1. The van der Waals surface area contributed by atoms with Crippen LogP contribution in [0.5, 0.6) is 0 Å². The fourth-order valence-electron chi connectivity index (χ4n) is 1.35. The van der Waals surface area contributed by atoms with E-state index in [1.165, 1.54) is 12.3 Å². The molecule has 2 atom stereocenters. The van der Waals surface area contributed by atoms with E-state index >= 15 is 0 Å². The SMILES string of the molecule is Nc1ccn([C@@]2(F)CS[C@@H](CO)O2)c(=O)n1. The molecule has 1 aliphatic heterocycles. The Kier molecular flexibility index (Phi) is 2.87. The molecule has 0 radical (unpaired) electrons. The molecule has 0 aromatic carbocycles. The predicted octanol–water partition coefficient (Wildman–Crippen LogP) is -0.513. The first kappa shape index (κ1) is 11.4. The molecule has 0 spiro atoms. The fourth-order valence-corrected chi connectivity index (χ4v) is 2.27. The number of anilines is 1. The van der Waals surface area contributed by atoms with Crippen LogP contribution in [0.4, 0.5) is 10.2 Å². The van der Waals surface area contributed by atoms with Gasteiger partial charge in [-0.25, -0.2) is 9.36 Å². The van der Waals surface area contributed by atoms with E-state index in [1.54, 1.807) is 0 Å². The van der Waals surface area contributed by atoms with Crippen molar-refractivity contribution in [2.45, 2.75) is 11.4 Å². The molecule has 1 aromatic rings. The maximum atomic E-state index is 14.2. The van der Waals surface area contributed by atoms with Crippen molar-refractivity contribution < 1.29 is 14.2 Å². The van der Waals surface area contributed by atoms with Crippen molar-refractivity contribution in [2.75, 3.05) is 18.1 Å². The number of aromatic nitrogens is 2. The van der Waals surface area contributed by atoms with Crippen molar-refractivity contribution in [1.29, 1.82) is 0 Å². The Labute approximate surface area is 94.2 Å². The quantitative estimate of drug-likeness (QED) is 0.731. The molecule has 6 nitrogen and oxygen atoms in total. The van der Waals surface area contributed by atoms with Crippen LogP contribution in [0.1, 0.15) is 0 Å². The highest BCUT2D eigenvalue weighted by atomic mass is 32.2. The first-order valence-electron chi connectivity index (χ1n) is 4.50. The molecule has 0 saturated carbocycles. The maximum absolute atomic E-state index is 14.2. The van der Waals surface area contributed by atoms with Gasteiger partial charge in [-0.05, 0) is 6.07 Å². The van der Waals surface area contributed by atoms with Crippen molar-refractivity contribution in [3.63, 3.8) is 0 Å². The van der Waals surface area contributed by atoms with Crippen LogP contribution in [-0.4, -0.2) is 32.5 Å². The van der Waals surface area contributed by atoms with E-state index in [4.69, 9.17) is 15.6 Å². The average molecular weight is 247 g/mol. The van der Waals surface area contributed by atoms with Crippen molar-refractivity contribution in [3.05, 3.63) is 22.7 Å². The van der Waals surface area contributed by atoms with E-state index in [0.717, 1.165) is 16.3 Å². The highest BCUT2D eigenvalue weighted by Gasteiger charge is 2.43. The van der Waals surface area contributed by atoms with Gasteiger partial charge in [-0.1, -0.05) is 0 Å². The number of alkyl halides is 1. The average Bonchev–Trinajstić information content (AvgIpc) is 2.61. The molecule has 1 fully saturated rings. The summed E-state index contributed by atoms with van der Waals surface area (Å²) in [7, 11) is 0. The Morgan fingerprint density at radius 2 is 2.62 bits per heavy atom. The van der Waals surface area contributed by atoms with Gasteiger partial charge in [0.2, 0.25) is 0 Å². The van der Waals surface area contributed by atoms with Gasteiger partial charge in [-0.3, -0.25) is 0 Å². The number of hydrogen-bond acceptors (Lipinski definition) is 6. The smallest absolute Gasteiger partial charge is 0.353 e. The summed E-state index contributed by atoms with van der Waals surface area (Å²) in [6, 6.07) is 1.31. The van der Waals surface area contributed by atoms with Crippen LogP contribution in [0.25, 0.3) is 0 Å². The minimum Gasteiger partial charge on any atom is -0.393 e. The zero-order valence-corrected chi connectivity index (χ0v) is 8.98. The topological polar surface area (TPSA) is 90.4 Å². The zero-order chi connectivity index (χ0) is 11.8. The monoisotopic (exact) mass is 247 g/mol. The largest absolute Gasteiger partial charge is 0.393 e. The van der Waals surface area contributed by atoms with E-state index in [2.05, 4.69) is 4.98 Å². The van der Waals surface area contributed by atoms with Gasteiger partial charge in [0.25, 0.3) is 0 Å². The summed E-state index contributed by atoms with van der Waals surface area (Å²) in [4.78, 5) is 14.8. The Morgan fingerprint density at radius 1 is 1.88 bits per heavy atom. The van der Waals surface area contributed by atoms with Gasteiger partial charge in [0.15, 0.2) is 0 Å². The molecule has 1 saturated heterocycles. The van der Waals surface area contributed by atoms with E-state index in [1.807, 2.05) is 0 Å². The van der Waals surface area contributed by atoms with Gasteiger partial charge in [0.05, 0.1) is 12.4 Å². The number of hydrogen-bond donors (Lipinski definition) is 2. The van der Waals surface area contributed by atoms with E-state index < -0.39 is 17.1 Å². The normalized spacial score (nSPS) is 29.5. The van der Waals surface area contributed by atoms with Gasteiger partial charge in [0, 0.05) is 6.20 Å². The Hall–Kier alpha value is -1.12. The lowest BCUT2D eigenvalue weighted by Gasteiger charge is -2.20. The van der Waals surface area contributed by atoms with Crippen LogP contribution in [0, 0.1) is 0 Å². The maximum Gasteiger partial charge on any atom is 0.353 e. The Balaban J connectivity index is 2.34. The van der Waals surface area contributed by atoms with Crippen molar-refractivity contribution in [3.8, 4) is 0 Å². The van der Waals surface area contributed by atoms with Crippen LogP contribution in [-0.2, 0) is 10.7 Å². The Bertz CT molecular complexity index is 454. The fraction of sp³-hybridized carbons (Fsp3) is 0.500. The van der Waals surface area contributed by atoms with Gasteiger partial charge in [-0.15, -0.1) is 11.8 Å². The lowest BCUT2D eigenvalue weighted by atomic mass is 10.5. The molecule has 8 heteroatoms. The zero-order valence-electron chi connectivity index (χ0n) is 8.17. The highest BCUT2D eigenvalue weighted by molar-refractivity contribution is 8.00. The second kappa shape index (κ2) is 4.04. The highest BCUT2D eigenvalue weighted by Crippen LogP contribution is 2.37. The number of nitrogens with zero attached hydrogens (tertiary/aromatic N) is 2. The van der Waals surface area contributed by atoms with E-state index in [0.29, 0.717) is 0 Å². The minimum absolute atomic E-state index is 0.0224. The molecule has 0 amide bonds. The molecular formula is C8H10FN3O3S. The van der Waals surface area contributed by atoms with Gasteiger partial charge in [-0.2, -0.15) is 9.37 Å². The number of thioether (sulfide) groups is 1. The summed E-state index contributed by atoms with van der Waals surface area (Å²) in [5, 5.41) is 8.82. The molecule has 0 aliphatic carbocycles. The number of nitrogens with two attached hydrogens (primary N) is 1. The van der Waals surface area contributed by atoms with E-state index in [-0.39, 0.29) is 18.2 Å². The number of nitrogen functional groups attached to an aromatic ring is 1. The molecule has 3 N–H and O–H groups in total. The summed E-state index contributed by atoms with van der Waals surface area (Å²) in [5.41, 5.74) is 3.80. The first-order chi connectivity index (χ1) is 7.55. The molecule has 0 bridgehead atoms. The minimum atomic E-state index is -2.27. The molecule has 2 rings (SSSR count). The number of halogens is 1. The van der Waals surface area contributed by atoms with E-state index in [9.17, 15) is 9.18 Å². The lowest BCUT2D eigenvalue weighted by Crippen LogP contribution is -2.40. The summed E-state index contributed by atoms with van der Waals surface area (Å²) in [6.07, 6.45) is 1.19. The second-order valence-electron chi connectivity index (χ2n) is 3.24. The number of rotatable bonds is 2. The lowest BCUT2D eigenvalue weighted by molar-refractivity contribution is -0.194. The Morgan fingerprint density at radius 3 is 3.19 bits per heavy atom. The summed E-state index contributed by atoms with van der Waals surface area (Å²) >= 11 is 1.09.